The van der Waals surface area contributed by atoms with Gasteiger partial charge in [-0.2, -0.15) is 4.98 Å². The van der Waals surface area contributed by atoms with E-state index in [1.807, 2.05) is 0 Å². The topological polar surface area (TPSA) is 104 Å². The first-order valence-corrected chi connectivity index (χ1v) is 6.69. The normalized spacial score (nSPS) is 11.0. The Morgan fingerprint density at radius 3 is 2.38 bits per heavy atom. The number of ether oxygens (including phenoxy) is 2. The van der Waals surface area contributed by atoms with Crippen LogP contribution in [-0.4, -0.2) is 34.6 Å². The molecule has 1 aromatic rings. The van der Waals surface area contributed by atoms with Gasteiger partial charge in [-0.25, -0.2) is 4.98 Å². The van der Waals surface area contributed by atoms with Crippen molar-refractivity contribution in [3.8, 4) is 5.88 Å². The van der Waals surface area contributed by atoms with Crippen LogP contribution in [-0.2, 0) is 14.9 Å². The summed E-state index contributed by atoms with van der Waals surface area (Å²) in [6, 6.07) is 0. The molecular weight excluding hydrogens is 278 g/mol. The van der Waals surface area contributed by atoms with E-state index >= 15 is 0 Å². The SMILES string of the molecule is CCOC(=O)C(CC)(CC)c1ncnc(OC)c1[N+](=O)[O-]. The number of hydrogen-bond acceptors (Lipinski definition) is 7. The van der Waals surface area contributed by atoms with E-state index in [1.165, 1.54) is 7.11 Å². The smallest absolute Gasteiger partial charge is 0.353 e. The van der Waals surface area contributed by atoms with Crippen molar-refractivity contribution >= 4 is 11.7 Å². The molecule has 0 aliphatic rings. The number of hydrogen-bond donors (Lipinski definition) is 0. The van der Waals surface area contributed by atoms with Crippen molar-refractivity contribution in [1.82, 2.24) is 9.97 Å². The molecule has 0 atom stereocenters. The minimum Gasteiger partial charge on any atom is -0.476 e. The van der Waals surface area contributed by atoms with Crippen molar-refractivity contribution in [2.24, 2.45) is 0 Å². The summed E-state index contributed by atoms with van der Waals surface area (Å²) in [5.74, 6) is -0.695. The molecule has 1 rings (SSSR count). The molecule has 0 N–H and O–H groups in total. The molecule has 1 aromatic heterocycles. The maximum absolute atomic E-state index is 12.4. The fraction of sp³-hybridized carbons (Fsp3) is 0.615. The summed E-state index contributed by atoms with van der Waals surface area (Å²) >= 11 is 0. The number of carbonyl (C=O) groups is 1. The van der Waals surface area contributed by atoms with Gasteiger partial charge in [-0.1, -0.05) is 13.8 Å². The number of carbonyl (C=O) groups excluding carboxylic acids is 1. The summed E-state index contributed by atoms with van der Waals surface area (Å²) in [6.45, 7) is 5.40. The molecule has 0 saturated heterocycles. The van der Waals surface area contributed by atoms with Crippen LogP contribution >= 0.6 is 0 Å². The third-order valence-electron chi connectivity index (χ3n) is 3.49. The van der Waals surface area contributed by atoms with Crippen molar-refractivity contribution in [3.05, 3.63) is 22.1 Å². The van der Waals surface area contributed by atoms with Crippen LogP contribution in [0.1, 0.15) is 39.3 Å². The van der Waals surface area contributed by atoms with Gasteiger partial charge in [0, 0.05) is 0 Å². The number of nitrogens with zero attached hydrogens (tertiary/aromatic N) is 3. The van der Waals surface area contributed by atoms with Gasteiger partial charge in [0.2, 0.25) is 0 Å². The Balaban J connectivity index is 3.59. The second-order valence-corrected chi connectivity index (χ2v) is 4.35. The molecule has 0 saturated carbocycles. The fourth-order valence-electron chi connectivity index (χ4n) is 2.27. The lowest BCUT2D eigenvalue weighted by Crippen LogP contribution is -2.38. The molecule has 0 radical (unpaired) electrons. The van der Waals surface area contributed by atoms with Gasteiger partial charge in [0.1, 0.15) is 17.4 Å². The zero-order valence-corrected chi connectivity index (χ0v) is 12.6. The molecule has 0 aliphatic carbocycles. The van der Waals surface area contributed by atoms with E-state index in [-0.39, 0.29) is 18.2 Å². The van der Waals surface area contributed by atoms with E-state index in [4.69, 9.17) is 9.47 Å². The Labute approximate surface area is 122 Å². The molecule has 21 heavy (non-hydrogen) atoms. The van der Waals surface area contributed by atoms with Crippen LogP contribution in [0.15, 0.2) is 6.33 Å². The van der Waals surface area contributed by atoms with E-state index in [2.05, 4.69) is 9.97 Å². The molecule has 1 heterocycles. The fourth-order valence-corrected chi connectivity index (χ4v) is 2.27. The molecule has 0 aliphatic heterocycles. The van der Waals surface area contributed by atoms with Gasteiger partial charge < -0.3 is 9.47 Å². The highest BCUT2D eigenvalue weighted by atomic mass is 16.6. The van der Waals surface area contributed by atoms with Crippen LogP contribution < -0.4 is 4.74 Å². The van der Waals surface area contributed by atoms with Crippen molar-refractivity contribution in [2.75, 3.05) is 13.7 Å². The highest BCUT2D eigenvalue weighted by Gasteiger charge is 2.46. The van der Waals surface area contributed by atoms with Crippen LogP contribution in [0, 0.1) is 10.1 Å². The van der Waals surface area contributed by atoms with Gasteiger partial charge in [0.15, 0.2) is 0 Å². The Hall–Kier alpha value is -2.25. The second kappa shape index (κ2) is 6.96. The summed E-state index contributed by atoms with van der Waals surface area (Å²) in [5.41, 5.74) is -1.55. The first-order chi connectivity index (χ1) is 9.98. The van der Waals surface area contributed by atoms with Crippen molar-refractivity contribution in [3.63, 3.8) is 0 Å². The van der Waals surface area contributed by atoms with Crippen LogP contribution in [0.25, 0.3) is 0 Å². The molecule has 0 bridgehead atoms. The summed E-state index contributed by atoms with van der Waals surface area (Å²) in [4.78, 5) is 30.8. The van der Waals surface area contributed by atoms with Gasteiger partial charge in [-0.15, -0.1) is 0 Å². The van der Waals surface area contributed by atoms with Crippen molar-refractivity contribution < 1.29 is 19.2 Å². The highest BCUT2D eigenvalue weighted by Crippen LogP contribution is 2.40. The molecule has 0 spiro atoms. The van der Waals surface area contributed by atoms with Gasteiger partial charge in [0.05, 0.1) is 18.6 Å². The van der Waals surface area contributed by atoms with Gasteiger partial charge in [0.25, 0.3) is 5.88 Å². The van der Waals surface area contributed by atoms with E-state index in [9.17, 15) is 14.9 Å². The number of methoxy groups -OCH3 is 1. The zero-order valence-electron chi connectivity index (χ0n) is 12.6. The number of rotatable bonds is 7. The van der Waals surface area contributed by atoms with E-state index in [1.54, 1.807) is 20.8 Å². The average molecular weight is 297 g/mol. The maximum atomic E-state index is 12.4. The van der Waals surface area contributed by atoms with Crippen LogP contribution in [0.2, 0.25) is 0 Å². The van der Waals surface area contributed by atoms with E-state index in [0.29, 0.717) is 12.8 Å². The molecular formula is C13H19N3O5. The lowest BCUT2D eigenvalue weighted by molar-refractivity contribution is -0.387. The number of aromatic nitrogens is 2. The van der Waals surface area contributed by atoms with Gasteiger partial charge in [-0.3, -0.25) is 14.9 Å². The van der Waals surface area contributed by atoms with Crippen molar-refractivity contribution in [2.45, 2.75) is 39.0 Å². The number of esters is 1. The maximum Gasteiger partial charge on any atom is 0.353 e. The Morgan fingerprint density at radius 2 is 1.95 bits per heavy atom. The summed E-state index contributed by atoms with van der Waals surface area (Å²) in [5, 5.41) is 11.4. The Bertz CT molecular complexity index is 529. The predicted molar refractivity (Wildman–Crippen MR) is 74.1 cm³/mol. The molecule has 0 unspecified atom stereocenters. The molecule has 0 amide bonds. The van der Waals surface area contributed by atoms with E-state index in [0.717, 1.165) is 6.33 Å². The summed E-state index contributed by atoms with van der Waals surface area (Å²) < 4.78 is 10.0. The third-order valence-corrected chi connectivity index (χ3v) is 3.49. The molecule has 116 valence electrons. The van der Waals surface area contributed by atoms with Crippen LogP contribution in [0.3, 0.4) is 0 Å². The molecule has 0 fully saturated rings. The highest BCUT2D eigenvalue weighted by molar-refractivity contribution is 5.84. The first kappa shape index (κ1) is 16.8. The minimum absolute atomic E-state index is 0.0304. The van der Waals surface area contributed by atoms with Crippen LogP contribution in [0.4, 0.5) is 5.69 Å². The van der Waals surface area contributed by atoms with Crippen molar-refractivity contribution in [1.29, 1.82) is 0 Å². The third kappa shape index (κ3) is 2.93. The molecule has 0 aromatic carbocycles. The largest absolute Gasteiger partial charge is 0.476 e. The average Bonchev–Trinajstić information content (AvgIpc) is 2.48. The lowest BCUT2D eigenvalue weighted by atomic mass is 9.78. The van der Waals surface area contributed by atoms with Crippen LogP contribution in [0.5, 0.6) is 5.88 Å². The molecule has 8 heteroatoms. The Kier molecular flexibility index (Phi) is 5.57. The van der Waals surface area contributed by atoms with Gasteiger partial charge >= 0.3 is 11.7 Å². The standard InChI is InChI=1S/C13H19N3O5/c1-5-13(6-2,12(17)21-7-3)10-9(16(18)19)11(20-4)15-8-14-10/h8H,5-7H2,1-4H3. The van der Waals surface area contributed by atoms with E-state index < -0.39 is 22.0 Å². The lowest BCUT2D eigenvalue weighted by Gasteiger charge is -2.27. The number of nitro groups is 1. The quantitative estimate of drug-likeness (QED) is 0.430. The summed E-state index contributed by atoms with van der Waals surface area (Å²) in [7, 11) is 1.28. The first-order valence-electron chi connectivity index (χ1n) is 6.69. The predicted octanol–water partition coefficient (Wildman–Crippen LogP) is 2.01. The minimum atomic E-state index is -1.19. The Morgan fingerprint density at radius 1 is 1.33 bits per heavy atom. The van der Waals surface area contributed by atoms with Gasteiger partial charge in [-0.05, 0) is 19.8 Å². The zero-order chi connectivity index (χ0) is 16.0. The molecule has 8 nitrogen and oxygen atoms in total. The summed E-state index contributed by atoms with van der Waals surface area (Å²) in [6.07, 6.45) is 1.80. The second-order valence-electron chi connectivity index (χ2n) is 4.35. The monoisotopic (exact) mass is 297 g/mol.